The molecule has 1 aromatic carbocycles. The van der Waals surface area contributed by atoms with Crippen LogP contribution < -0.4 is 20.1 Å². The Morgan fingerprint density at radius 3 is 2.39 bits per heavy atom. The van der Waals surface area contributed by atoms with Crippen molar-refractivity contribution in [2.75, 3.05) is 13.2 Å². The van der Waals surface area contributed by atoms with E-state index in [0.29, 0.717) is 44.6 Å². The molecule has 7 rings (SSSR count). The van der Waals surface area contributed by atoms with Crippen molar-refractivity contribution < 1.29 is 50.6 Å². The average Bonchev–Trinajstić information content (AvgIpc) is 3.96. The van der Waals surface area contributed by atoms with Crippen molar-refractivity contribution in [2.24, 2.45) is 11.3 Å². The quantitative estimate of drug-likeness (QED) is 0.357. The standard InChI is InChI=1S/C39H50F2N6O9S/c1-6-22-20-38(22,34(50)46-57(52,53)37(5)16-17-37)45-31(48)26-19-23-21-47(26)33(49)30(36(2,3)4)44-35(51)56-28-14-9-13-27(28)54-18-10-15-39(40,41)29-32(55-23)43-25-12-8-7-11-24(25)42-29/h7-8,10-12,15,22-23,26-28,30H,6,9,13-14,16-21H2,1-5H3,(H,44,51)(H,45,48)(H,46,50)/b15-10-/t22-,23-,26+,27-,28-,30-,38-/m1/s1. The minimum atomic E-state index is -4.04. The molecule has 2 aliphatic heterocycles. The largest absolute Gasteiger partial charge is 0.471 e. The number of alkyl carbamates (subject to hydrolysis) is 1. The summed E-state index contributed by atoms with van der Waals surface area (Å²) < 4.78 is 77.2. The van der Waals surface area contributed by atoms with E-state index in [2.05, 4.69) is 25.3 Å². The number of rotatable bonds is 6. The van der Waals surface area contributed by atoms with Gasteiger partial charge in [-0.15, -0.1) is 0 Å². The number of aromatic nitrogens is 2. The number of amides is 4. The van der Waals surface area contributed by atoms with Gasteiger partial charge in [-0.3, -0.25) is 19.1 Å². The number of hydrogen-bond acceptors (Lipinski definition) is 11. The van der Waals surface area contributed by atoms with Crippen molar-refractivity contribution in [1.29, 1.82) is 0 Å². The molecular weight excluding hydrogens is 767 g/mol. The van der Waals surface area contributed by atoms with Gasteiger partial charge in [0.05, 0.1) is 35.0 Å². The number of carbonyl (C=O) groups is 4. The molecule has 0 spiro atoms. The molecule has 0 unspecified atom stereocenters. The molecule has 1 saturated heterocycles. The van der Waals surface area contributed by atoms with Crippen LogP contribution in [0.4, 0.5) is 13.6 Å². The number of sulfonamides is 1. The van der Waals surface area contributed by atoms with Gasteiger partial charge in [0.1, 0.15) is 29.8 Å². The van der Waals surface area contributed by atoms with E-state index in [1.807, 2.05) is 6.92 Å². The molecule has 4 amide bonds. The normalized spacial score (nSPS) is 31.7. The Kier molecular flexibility index (Phi) is 10.5. The highest BCUT2D eigenvalue weighted by Gasteiger charge is 2.63. The summed E-state index contributed by atoms with van der Waals surface area (Å²) in [5.74, 6) is -6.92. The van der Waals surface area contributed by atoms with Gasteiger partial charge in [0.15, 0.2) is 5.69 Å². The molecule has 18 heteroatoms. The van der Waals surface area contributed by atoms with Gasteiger partial charge in [-0.05, 0) is 75.0 Å². The van der Waals surface area contributed by atoms with E-state index in [1.165, 1.54) is 11.0 Å². The van der Waals surface area contributed by atoms with Crippen LogP contribution in [0.1, 0.15) is 91.7 Å². The van der Waals surface area contributed by atoms with E-state index in [9.17, 15) is 27.6 Å². The van der Waals surface area contributed by atoms with Gasteiger partial charge in [0, 0.05) is 6.42 Å². The number of alkyl halides is 2. The van der Waals surface area contributed by atoms with Gasteiger partial charge in [0.25, 0.3) is 5.91 Å². The topological polar surface area (TPSA) is 195 Å². The Morgan fingerprint density at radius 2 is 1.74 bits per heavy atom. The second kappa shape index (κ2) is 14.7. The van der Waals surface area contributed by atoms with E-state index < -0.39 is 103 Å². The zero-order valence-electron chi connectivity index (χ0n) is 32.7. The first kappa shape index (κ1) is 40.7. The maximum atomic E-state index is 16.1. The van der Waals surface area contributed by atoms with Crippen molar-refractivity contribution in [1.82, 2.24) is 30.2 Å². The number of carbonyl (C=O) groups excluding carboxylic acids is 4. The van der Waals surface area contributed by atoms with Crippen LogP contribution in [-0.4, -0.2) is 101 Å². The van der Waals surface area contributed by atoms with Gasteiger partial charge < -0.3 is 29.7 Å². The molecule has 7 atom stereocenters. The van der Waals surface area contributed by atoms with E-state index in [1.54, 1.807) is 45.9 Å². The molecule has 1 aromatic heterocycles. The number of para-hydroxylation sites is 2. The third-order valence-electron chi connectivity index (χ3n) is 11.9. The van der Waals surface area contributed by atoms with E-state index >= 15 is 8.78 Å². The number of allylic oxidation sites excluding steroid dienone is 1. The number of ether oxygens (including phenoxy) is 3. The predicted molar refractivity (Wildman–Crippen MR) is 201 cm³/mol. The maximum absolute atomic E-state index is 16.1. The van der Waals surface area contributed by atoms with E-state index in [0.717, 1.165) is 6.08 Å². The summed E-state index contributed by atoms with van der Waals surface area (Å²) in [7, 11) is -4.04. The molecule has 57 heavy (non-hydrogen) atoms. The van der Waals surface area contributed by atoms with Gasteiger partial charge in [-0.1, -0.05) is 52.3 Å². The number of nitrogens with one attached hydrogen (secondary N) is 3. The highest BCUT2D eigenvalue weighted by molar-refractivity contribution is 7.91. The van der Waals surface area contributed by atoms with Crippen LogP contribution in [0.15, 0.2) is 36.4 Å². The summed E-state index contributed by atoms with van der Waals surface area (Å²) in [6.07, 6.45) is 1.36. The van der Waals surface area contributed by atoms with Crippen molar-refractivity contribution >= 4 is 44.9 Å². The Hall–Kier alpha value is -4.45. The Balaban J connectivity index is 1.25. The third-order valence-corrected chi connectivity index (χ3v) is 14.1. The lowest BCUT2D eigenvalue weighted by molar-refractivity contribution is -0.143. The van der Waals surface area contributed by atoms with Crippen molar-refractivity contribution in [2.45, 2.75) is 133 Å². The summed E-state index contributed by atoms with van der Waals surface area (Å²) in [4.78, 5) is 66.1. The smallest absolute Gasteiger partial charge is 0.408 e. The number of hydrogen-bond donors (Lipinski definition) is 3. The Bertz CT molecular complexity index is 2090. The minimum Gasteiger partial charge on any atom is -0.471 e. The number of halogens is 2. The molecule has 5 aliphatic rings. The van der Waals surface area contributed by atoms with E-state index in [-0.39, 0.29) is 37.0 Å². The molecule has 3 heterocycles. The minimum absolute atomic E-state index is 0.163. The predicted octanol–water partition coefficient (Wildman–Crippen LogP) is 4.00. The van der Waals surface area contributed by atoms with Gasteiger partial charge in [0.2, 0.25) is 27.7 Å². The molecule has 2 bridgehead atoms. The Labute approximate surface area is 330 Å². The fourth-order valence-electron chi connectivity index (χ4n) is 7.99. The first-order valence-corrected chi connectivity index (χ1v) is 21.0. The van der Waals surface area contributed by atoms with Gasteiger partial charge in [-0.25, -0.2) is 23.2 Å². The maximum Gasteiger partial charge on any atom is 0.408 e. The van der Waals surface area contributed by atoms with Crippen LogP contribution in [0.25, 0.3) is 11.0 Å². The van der Waals surface area contributed by atoms with Gasteiger partial charge in [-0.2, -0.15) is 8.78 Å². The molecule has 4 fully saturated rings. The number of benzene rings is 1. The highest BCUT2D eigenvalue weighted by atomic mass is 32.2. The Morgan fingerprint density at radius 1 is 1.05 bits per heavy atom. The first-order valence-electron chi connectivity index (χ1n) is 19.5. The molecule has 0 radical (unpaired) electrons. The van der Waals surface area contributed by atoms with Crippen LogP contribution in [0.5, 0.6) is 5.88 Å². The molecule has 2 aromatic rings. The lowest BCUT2D eigenvalue weighted by atomic mass is 9.85. The highest BCUT2D eigenvalue weighted by Crippen LogP contribution is 2.48. The summed E-state index contributed by atoms with van der Waals surface area (Å²) in [5.41, 5.74) is -2.81. The summed E-state index contributed by atoms with van der Waals surface area (Å²) in [6, 6.07) is 3.86. The summed E-state index contributed by atoms with van der Waals surface area (Å²) in [6.45, 7) is 8.03. The summed E-state index contributed by atoms with van der Waals surface area (Å²) in [5, 5.41) is 5.49. The molecule has 3 aliphatic carbocycles. The molecule has 3 saturated carbocycles. The SMILES string of the molecule is CC[C@@H]1C[C@]1(NC(=O)[C@@H]1C[C@@H]2CN1C(=O)[C@H](C(C)(C)C)NC(=O)O[C@@H]1CCC[C@H]1OC/C=C\C(F)(F)c1nc3ccccc3nc1O2)C(=O)NS(=O)(=O)C1(C)CC1. The third kappa shape index (κ3) is 8.03. The van der Waals surface area contributed by atoms with Crippen molar-refractivity contribution in [3.63, 3.8) is 0 Å². The average molecular weight is 817 g/mol. The zero-order valence-corrected chi connectivity index (χ0v) is 33.5. The van der Waals surface area contributed by atoms with Crippen LogP contribution >= 0.6 is 0 Å². The number of nitrogens with zero attached hydrogens (tertiary/aromatic N) is 3. The molecular formula is C39H50F2N6O9S. The van der Waals surface area contributed by atoms with Crippen LogP contribution in [-0.2, 0) is 39.8 Å². The lowest BCUT2D eigenvalue weighted by Crippen LogP contribution is -2.60. The fraction of sp³-hybridized carbons (Fsp3) is 0.641. The lowest BCUT2D eigenvalue weighted by Gasteiger charge is -2.35. The fourth-order valence-corrected chi connectivity index (χ4v) is 9.30. The van der Waals surface area contributed by atoms with Crippen molar-refractivity contribution in [3.05, 3.63) is 42.1 Å². The molecule has 310 valence electrons. The molecule has 3 N–H and O–H groups in total. The first-order chi connectivity index (χ1) is 26.8. The summed E-state index contributed by atoms with van der Waals surface area (Å²) >= 11 is 0. The van der Waals surface area contributed by atoms with Gasteiger partial charge >= 0.3 is 12.0 Å². The second-order valence-corrected chi connectivity index (χ2v) is 19.4. The number of fused-ring (bicyclic) bond motifs is 5. The zero-order chi connectivity index (χ0) is 41.1. The second-order valence-electron chi connectivity index (χ2n) is 17.2. The van der Waals surface area contributed by atoms with Crippen LogP contribution in [0.3, 0.4) is 0 Å². The van der Waals surface area contributed by atoms with E-state index in [4.69, 9.17) is 14.2 Å². The van der Waals surface area contributed by atoms with Crippen molar-refractivity contribution in [3.8, 4) is 5.88 Å². The molecule has 15 nitrogen and oxygen atoms in total. The van der Waals surface area contributed by atoms with Crippen LogP contribution in [0.2, 0.25) is 0 Å². The monoisotopic (exact) mass is 816 g/mol. The van der Waals surface area contributed by atoms with Crippen LogP contribution in [0, 0.1) is 11.3 Å².